The van der Waals surface area contributed by atoms with Gasteiger partial charge in [0, 0.05) is 37.9 Å². The second-order valence-corrected chi connectivity index (χ2v) is 9.95. The molecular weight excluding hydrogens is 484 g/mol. The quantitative estimate of drug-likeness (QED) is 0.320. The van der Waals surface area contributed by atoms with E-state index in [1.807, 2.05) is 31.2 Å². The number of halogens is 2. The topological polar surface area (TPSA) is 37.3 Å². The van der Waals surface area contributed by atoms with Gasteiger partial charge in [0.2, 0.25) is 0 Å². The average molecular weight is 520 g/mol. The first-order valence-electron chi connectivity index (χ1n) is 13.5. The van der Waals surface area contributed by atoms with Crippen LogP contribution in [0.15, 0.2) is 71.8 Å². The molecular formula is C31H35F2N3O2. The molecule has 3 aromatic carbocycles. The molecule has 2 aliphatic heterocycles. The fourth-order valence-electron chi connectivity index (χ4n) is 5.47. The summed E-state index contributed by atoms with van der Waals surface area (Å²) in [5.74, 6) is 1.27. The molecule has 1 saturated heterocycles. The zero-order chi connectivity index (χ0) is 26.6. The van der Waals surface area contributed by atoms with Crippen molar-refractivity contribution in [1.29, 1.82) is 0 Å². The molecule has 7 heteroatoms. The van der Waals surface area contributed by atoms with E-state index in [1.54, 1.807) is 24.3 Å². The molecule has 38 heavy (non-hydrogen) atoms. The van der Waals surface area contributed by atoms with Gasteiger partial charge in [0.25, 0.3) is 0 Å². The highest BCUT2D eigenvalue weighted by molar-refractivity contribution is 6.04. The molecule has 0 bridgehead atoms. The average Bonchev–Trinajstić information content (AvgIpc) is 3.27. The first-order valence-corrected chi connectivity index (χ1v) is 13.5. The highest BCUT2D eigenvalue weighted by Gasteiger charge is 2.34. The molecule has 2 aliphatic rings. The van der Waals surface area contributed by atoms with Crippen LogP contribution in [-0.2, 0) is 0 Å². The Labute approximate surface area is 223 Å². The van der Waals surface area contributed by atoms with E-state index in [2.05, 4.69) is 23.8 Å². The standard InChI is InChI=1S/C31H35F2N3O2/c1-4-29-21(3)31(22-6-8-23(32)9-7-22)34-36(29)24-10-12-25(13-11-24)38-26-16-18-35(19-17-26)30-20-27(37-5-2)14-15-28(30)33/h6-15,20-21,26,29H,4-5,16-19H2,1-3H3/t21?,29-/m0/s1. The van der Waals surface area contributed by atoms with Crippen LogP contribution in [0.5, 0.6) is 11.5 Å². The van der Waals surface area contributed by atoms with Crippen LogP contribution < -0.4 is 19.4 Å². The minimum absolute atomic E-state index is 0.0773. The van der Waals surface area contributed by atoms with Crippen LogP contribution >= 0.6 is 0 Å². The Morgan fingerprint density at radius 3 is 2.24 bits per heavy atom. The van der Waals surface area contributed by atoms with Gasteiger partial charge in [0.15, 0.2) is 0 Å². The van der Waals surface area contributed by atoms with Gasteiger partial charge in [0.1, 0.15) is 29.2 Å². The molecule has 1 fully saturated rings. The smallest absolute Gasteiger partial charge is 0.146 e. The lowest BCUT2D eigenvalue weighted by Crippen LogP contribution is -2.38. The summed E-state index contributed by atoms with van der Waals surface area (Å²) in [5, 5.41) is 7.02. The largest absolute Gasteiger partial charge is 0.494 e. The number of piperidine rings is 1. The molecule has 0 spiro atoms. The van der Waals surface area contributed by atoms with E-state index in [0.717, 1.165) is 55.1 Å². The Balaban J connectivity index is 1.22. The zero-order valence-electron chi connectivity index (χ0n) is 22.2. The Morgan fingerprint density at radius 2 is 1.58 bits per heavy atom. The Hall–Kier alpha value is -3.61. The van der Waals surface area contributed by atoms with Gasteiger partial charge in [-0.3, -0.25) is 5.01 Å². The third kappa shape index (κ3) is 5.47. The van der Waals surface area contributed by atoms with E-state index >= 15 is 0 Å². The summed E-state index contributed by atoms with van der Waals surface area (Å²) >= 11 is 0. The van der Waals surface area contributed by atoms with Crippen LogP contribution in [0.25, 0.3) is 0 Å². The van der Waals surface area contributed by atoms with Gasteiger partial charge in [-0.15, -0.1) is 0 Å². The van der Waals surface area contributed by atoms with Crippen molar-refractivity contribution >= 4 is 17.1 Å². The van der Waals surface area contributed by atoms with Gasteiger partial charge in [-0.25, -0.2) is 8.78 Å². The third-order valence-electron chi connectivity index (χ3n) is 7.51. The van der Waals surface area contributed by atoms with Crippen molar-refractivity contribution < 1.29 is 18.3 Å². The van der Waals surface area contributed by atoms with Crippen molar-refractivity contribution in [2.75, 3.05) is 29.6 Å². The maximum atomic E-state index is 14.5. The van der Waals surface area contributed by atoms with Crippen molar-refractivity contribution in [1.82, 2.24) is 0 Å². The van der Waals surface area contributed by atoms with Crippen LogP contribution in [-0.4, -0.2) is 37.6 Å². The van der Waals surface area contributed by atoms with E-state index in [4.69, 9.17) is 14.6 Å². The summed E-state index contributed by atoms with van der Waals surface area (Å²) in [6, 6.07) is 19.8. The summed E-state index contributed by atoms with van der Waals surface area (Å²) in [7, 11) is 0. The number of hydrogen-bond acceptors (Lipinski definition) is 5. The van der Waals surface area contributed by atoms with Crippen LogP contribution in [0.1, 0.15) is 45.6 Å². The van der Waals surface area contributed by atoms with Crippen LogP contribution in [0.2, 0.25) is 0 Å². The summed E-state index contributed by atoms with van der Waals surface area (Å²) in [5.41, 5.74) is 3.53. The molecule has 0 N–H and O–H groups in total. The molecule has 200 valence electrons. The second-order valence-electron chi connectivity index (χ2n) is 9.95. The predicted molar refractivity (Wildman–Crippen MR) is 149 cm³/mol. The number of benzene rings is 3. The molecule has 0 amide bonds. The van der Waals surface area contributed by atoms with E-state index in [1.165, 1.54) is 18.2 Å². The van der Waals surface area contributed by atoms with Gasteiger partial charge in [-0.05, 0) is 67.4 Å². The summed E-state index contributed by atoms with van der Waals surface area (Å²) in [4.78, 5) is 2.07. The van der Waals surface area contributed by atoms with Crippen molar-refractivity contribution in [3.8, 4) is 11.5 Å². The van der Waals surface area contributed by atoms with Crippen molar-refractivity contribution in [3.05, 3.63) is 83.9 Å². The van der Waals surface area contributed by atoms with E-state index < -0.39 is 0 Å². The lowest BCUT2D eigenvalue weighted by atomic mass is 9.91. The molecule has 0 aromatic heterocycles. The minimum Gasteiger partial charge on any atom is -0.494 e. The highest BCUT2D eigenvalue weighted by atomic mass is 19.1. The lowest BCUT2D eigenvalue weighted by molar-refractivity contribution is 0.170. The van der Waals surface area contributed by atoms with Crippen molar-refractivity contribution in [2.45, 2.75) is 52.2 Å². The number of anilines is 2. The second kappa shape index (κ2) is 11.4. The minimum atomic E-state index is -0.242. The molecule has 0 radical (unpaired) electrons. The SMILES string of the molecule is CCOc1ccc(F)c(N2CCC(Oc3ccc(N4N=C(c5ccc(F)cc5)C(C)[C@@H]4CC)cc3)CC2)c1. The van der Waals surface area contributed by atoms with Gasteiger partial charge in [-0.1, -0.05) is 26.0 Å². The Morgan fingerprint density at radius 1 is 0.895 bits per heavy atom. The fraction of sp³-hybridized carbons (Fsp3) is 0.387. The van der Waals surface area contributed by atoms with Gasteiger partial charge >= 0.3 is 0 Å². The molecule has 2 heterocycles. The molecule has 2 atom stereocenters. The van der Waals surface area contributed by atoms with Crippen LogP contribution in [0, 0.1) is 17.6 Å². The van der Waals surface area contributed by atoms with Gasteiger partial charge in [0.05, 0.1) is 29.7 Å². The number of rotatable bonds is 8. The van der Waals surface area contributed by atoms with E-state index in [0.29, 0.717) is 18.0 Å². The molecule has 1 unspecified atom stereocenters. The number of hydrogen-bond donors (Lipinski definition) is 0. The van der Waals surface area contributed by atoms with Crippen LogP contribution in [0.4, 0.5) is 20.2 Å². The monoisotopic (exact) mass is 519 g/mol. The maximum absolute atomic E-state index is 14.5. The zero-order valence-corrected chi connectivity index (χ0v) is 22.2. The summed E-state index contributed by atoms with van der Waals surface area (Å²) in [6.07, 6.45) is 2.65. The Kier molecular flexibility index (Phi) is 7.82. The molecule has 0 saturated carbocycles. The van der Waals surface area contributed by atoms with Gasteiger partial charge < -0.3 is 14.4 Å². The van der Waals surface area contributed by atoms with Gasteiger partial charge in [-0.2, -0.15) is 5.10 Å². The van der Waals surface area contributed by atoms with Crippen molar-refractivity contribution in [2.24, 2.45) is 11.0 Å². The summed E-state index contributed by atoms with van der Waals surface area (Å²) in [6.45, 7) is 8.27. The number of ether oxygens (including phenoxy) is 2. The fourth-order valence-corrected chi connectivity index (χ4v) is 5.47. The molecule has 5 nitrogen and oxygen atoms in total. The lowest BCUT2D eigenvalue weighted by Gasteiger charge is -2.34. The predicted octanol–water partition coefficient (Wildman–Crippen LogP) is 7.05. The number of nitrogens with zero attached hydrogens (tertiary/aromatic N) is 3. The first-order chi connectivity index (χ1) is 18.5. The van der Waals surface area contributed by atoms with E-state index in [9.17, 15) is 8.78 Å². The molecule has 0 aliphatic carbocycles. The Bertz CT molecular complexity index is 1260. The summed E-state index contributed by atoms with van der Waals surface area (Å²) < 4.78 is 39.7. The molecule has 5 rings (SSSR count). The number of hydrazone groups is 1. The van der Waals surface area contributed by atoms with Crippen molar-refractivity contribution in [3.63, 3.8) is 0 Å². The first kappa shape index (κ1) is 26.0. The highest BCUT2D eigenvalue weighted by Crippen LogP contribution is 2.34. The van der Waals surface area contributed by atoms with E-state index in [-0.39, 0.29) is 29.7 Å². The molecule has 3 aromatic rings. The maximum Gasteiger partial charge on any atom is 0.146 e. The normalized spacial score (nSPS) is 20.0. The third-order valence-corrected chi connectivity index (χ3v) is 7.51. The van der Waals surface area contributed by atoms with Crippen LogP contribution in [0.3, 0.4) is 0 Å².